The van der Waals surface area contributed by atoms with Gasteiger partial charge in [0.15, 0.2) is 0 Å². The highest BCUT2D eigenvalue weighted by atomic mass is 35.5. The van der Waals surface area contributed by atoms with E-state index in [0.29, 0.717) is 27.5 Å². The van der Waals surface area contributed by atoms with Crippen LogP contribution in [0.4, 0.5) is 5.69 Å². The molecule has 150 valence electrons. The van der Waals surface area contributed by atoms with Crippen LogP contribution in [0.2, 0.25) is 5.02 Å². The number of carbonyl (C=O) groups is 3. The number of halogens is 1. The van der Waals surface area contributed by atoms with Gasteiger partial charge in [0.05, 0.1) is 11.4 Å². The van der Waals surface area contributed by atoms with Crippen molar-refractivity contribution in [1.29, 1.82) is 0 Å². The standard InChI is InChI=1S/C20H19ClN4O4/c21-12-3-7-16-14(9-12)19(11-1-4-13(26)5-2-11)24-15(6-8-17(22)27)20(29)25(16)10-18(23)28/h1-5,7,9,15,26H,6,8,10H2,(H2,22,27)(H2,23,28). The Morgan fingerprint density at radius 1 is 1.10 bits per heavy atom. The van der Waals surface area contributed by atoms with Crippen LogP contribution in [-0.2, 0) is 14.4 Å². The summed E-state index contributed by atoms with van der Waals surface area (Å²) in [7, 11) is 0. The van der Waals surface area contributed by atoms with Gasteiger partial charge in [-0.15, -0.1) is 0 Å². The molecule has 9 heteroatoms. The fourth-order valence-electron chi connectivity index (χ4n) is 3.15. The molecule has 5 N–H and O–H groups in total. The molecule has 3 rings (SSSR count). The number of rotatable bonds is 6. The Bertz CT molecular complexity index is 1000. The highest BCUT2D eigenvalue weighted by Gasteiger charge is 2.33. The molecule has 3 amide bonds. The van der Waals surface area contributed by atoms with Crippen LogP contribution in [0.15, 0.2) is 47.5 Å². The van der Waals surface area contributed by atoms with Crippen LogP contribution < -0.4 is 16.4 Å². The van der Waals surface area contributed by atoms with Crippen molar-refractivity contribution in [2.45, 2.75) is 18.9 Å². The first-order valence-corrected chi connectivity index (χ1v) is 9.19. The molecule has 0 saturated carbocycles. The van der Waals surface area contributed by atoms with E-state index in [1.165, 1.54) is 17.0 Å². The Kier molecular flexibility index (Phi) is 5.84. The zero-order valence-corrected chi connectivity index (χ0v) is 16.1. The predicted molar refractivity (Wildman–Crippen MR) is 109 cm³/mol. The molecule has 1 unspecified atom stereocenters. The number of fused-ring (bicyclic) bond motifs is 1. The van der Waals surface area contributed by atoms with Crippen LogP contribution in [-0.4, -0.2) is 41.1 Å². The molecule has 2 aromatic rings. The fraction of sp³-hybridized carbons (Fsp3) is 0.200. The van der Waals surface area contributed by atoms with Crippen molar-refractivity contribution in [2.24, 2.45) is 16.5 Å². The van der Waals surface area contributed by atoms with Gasteiger partial charge in [0.2, 0.25) is 11.8 Å². The fourth-order valence-corrected chi connectivity index (χ4v) is 3.32. The first kappa shape index (κ1) is 20.3. The number of anilines is 1. The number of nitrogens with zero attached hydrogens (tertiary/aromatic N) is 2. The Labute approximate surface area is 171 Å². The third kappa shape index (κ3) is 4.55. The molecule has 1 aliphatic rings. The molecule has 1 atom stereocenters. The minimum absolute atomic E-state index is 0.0513. The predicted octanol–water partition coefficient (Wildman–Crippen LogP) is 1.35. The Morgan fingerprint density at radius 2 is 1.79 bits per heavy atom. The first-order valence-electron chi connectivity index (χ1n) is 8.81. The summed E-state index contributed by atoms with van der Waals surface area (Å²) in [6.07, 6.45) is 0.0248. The van der Waals surface area contributed by atoms with Crippen LogP contribution >= 0.6 is 11.6 Å². The number of aromatic hydroxyl groups is 1. The number of benzodiazepines with no additional fused rings is 1. The number of carbonyl (C=O) groups excluding carboxylic acids is 3. The van der Waals surface area contributed by atoms with E-state index in [1.807, 2.05) is 0 Å². The largest absolute Gasteiger partial charge is 0.508 e. The van der Waals surface area contributed by atoms with Gasteiger partial charge in [-0.3, -0.25) is 19.4 Å². The second-order valence-corrected chi connectivity index (χ2v) is 7.03. The van der Waals surface area contributed by atoms with Crippen LogP contribution in [0.25, 0.3) is 0 Å². The van der Waals surface area contributed by atoms with Crippen LogP contribution in [0, 0.1) is 0 Å². The summed E-state index contributed by atoms with van der Waals surface area (Å²) in [6.45, 7) is -0.348. The van der Waals surface area contributed by atoms with Crippen molar-refractivity contribution >= 4 is 40.7 Å². The maximum atomic E-state index is 13.2. The van der Waals surface area contributed by atoms with E-state index in [4.69, 9.17) is 23.1 Å². The lowest BCUT2D eigenvalue weighted by Gasteiger charge is -2.24. The van der Waals surface area contributed by atoms with E-state index in [-0.39, 0.29) is 25.1 Å². The van der Waals surface area contributed by atoms with E-state index in [1.54, 1.807) is 30.3 Å². The lowest BCUT2D eigenvalue weighted by Crippen LogP contribution is -2.43. The lowest BCUT2D eigenvalue weighted by molar-refractivity contribution is -0.123. The maximum Gasteiger partial charge on any atom is 0.252 e. The van der Waals surface area contributed by atoms with E-state index >= 15 is 0 Å². The summed E-state index contributed by atoms with van der Waals surface area (Å²) in [5.41, 5.74) is 12.6. The normalized spacial score (nSPS) is 16.0. The number of phenolic OH excluding ortho intramolecular Hbond substituents is 1. The van der Waals surface area contributed by atoms with Gasteiger partial charge in [-0.1, -0.05) is 11.6 Å². The second-order valence-electron chi connectivity index (χ2n) is 6.60. The average molecular weight is 415 g/mol. The van der Waals surface area contributed by atoms with Crippen molar-refractivity contribution in [2.75, 3.05) is 11.4 Å². The average Bonchev–Trinajstić information content (AvgIpc) is 2.76. The molecule has 0 spiro atoms. The number of phenols is 1. The van der Waals surface area contributed by atoms with E-state index in [9.17, 15) is 19.5 Å². The number of primary amides is 2. The first-order chi connectivity index (χ1) is 13.8. The van der Waals surface area contributed by atoms with Crippen molar-refractivity contribution in [1.82, 2.24) is 0 Å². The molecule has 0 radical (unpaired) electrons. The molecular weight excluding hydrogens is 396 g/mol. The molecule has 1 aliphatic heterocycles. The van der Waals surface area contributed by atoms with Gasteiger partial charge in [-0.2, -0.15) is 0 Å². The Hall–Kier alpha value is -3.39. The molecule has 0 aromatic heterocycles. The third-order valence-electron chi connectivity index (χ3n) is 4.46. The zero-order valence-electron chi connectivity index (χ0n) is 15.3. The van der Waals surface area contributed by atoms with Gasteiger partial charge in [0, 0.05) is 22.6 Å². The van der Waals surface area contributed by atoms with Gasteiger partial charge < -0.3 is 21.5 Å². The SMILES string of the molecule is NC(=O)CCC1N=C(c2ccc(O)cc2)c2cc(Cl)ccc2N(CC(N)=O)C1=O. The number of benzene rings is 2. The van der Waals surface area contributed by atoms with E-state index < -0.39 is 23.8 Å². The molecular formula is C20H19ClN4O4. The van der Waals surface area contributed by atoms with Crippen LogP contribution in [0.3, 0.4) is 0 Å². The van der Waals surface area contributed by atoms with E-state index in [2.05, 4.69) is 4.99 Å². The Morgan fingerprint density at radius 3 is 2.41 bits per heavy atom. The molecule has 0 saturated heterocycles. The van der Waals surface area contributed by atoms with Gasteiger partial charge in [0.25, 0.3) is 5.91 Å². The quantitative estimate of drug-likeness (QED) is 0.656. The molecule has 8 nitrogen and oxygen atoms in total. The van der Waals surface area contributed by atoms with Gasteiger partial charge in [-0.25, -0.2) is 0 Å². The van der Waals surface area contributed by atoms with Crippen molar-refractivity contribution in [3.8, 4) is 5.75 Å². The number of amides is 3. The maximum absolute atomic E-state index is 13.2. The number of hydrogen-bond donors (Lipinski definition) is 3. The lowest BCUT2D eigenvalue weighted by atomic mass is 10.00. The minimum Gasteiger partial charge on any atom is -0.508 e. The van der Waals surface area contributed by atoms with Crippen LogP contribution in [0.5, 0.6) is 5.75 Å². The van der Waals surface area contributed by atoms with E-state index in [0.717, 1.165) is 0 Å². The smallest absolute Gasteiger partial charge is 0.252 e. The highest BCUT2D eigenvalue weighted by Crippen LogP contribution is 2.32. The molecule has 0 bridgehead atoms. The van der Waals surface area contributed by atoms with Gasteiger partial charge in [-0.05, 0) is 48.9 Å². The van der Waals surface area contributed by atoms with Crippen molar-refractivity contribution in [3.05, 3.63) is 58.6 Å². The number of aliphatic imine (C=N–C) groups is 1. The summed E-state index contributed by atoms with van der Waals surface area (Å²) in [6, 6.07) is 10.2. The number of hydrogen-bond acceptors (Lipinski definition) is 5. The van der Waals surface area contributed by atoms with Gasteiger partial charge >= 0.3 is 0 Å². The highest BCUT2D eigenvalue weighted by molar-refractivity contribution is 6.32. The zero-order chi connectivity index (χ0) is 21.1. The summed E-state index contributed by atoms with van der Waals surface area (Å²) >= 11 is 6.19. The minimum atomic E-state index is -0.947. The molecule has 1 heterocycles. The molecule has 29 heavy (non-hydrogen) atoms. The summed E-state index contributed by atoms with van der Waals surface area (Å²) < 4.78 is 0. The van der Waals surface area contributed by atoms with Gasteiger partial charge in [0.1, 0.15) is 18.3 Å². The number of nitrogens with two attached hydrogens (primary N) is 2. The van der Waals surface area contributed by atoms with Crippen molar-refractivity contribution < 1.29 is 19.5 Å². The second kappa shape index (κ2) is 8.32. The monoisotopic (exact) mass is 414 g/mol. The summed E-state index contributed by atoms with van der Waals surface area (Å²) in [5.74, 6) is -1.65. The molecule has 0 aliphatic carbocycles. The van der Waals surface area contributed by atoms with Crippen molar-refractivity contribution in [3.63, 3.8) is 0 Å². The Balaban J connectivity index is 2.21. The summed E-state index contributed by atoms with van der Waals surface area (Å²) in [4.78, 5) is 41.9. The summed E-state index contributed by atoms with van der Waals surface area (Å²) in [5, 5.41) is 10.0. The van der Waals surface area contributed by atoms with Crippen LogP contribution in [0.1, 0.15) is 24.0 Å². The topological polar surface area (TPSA) is 139 Å². The molecule has 0 fully saturated rings. The molecule has 2 aromatic carbocycles. The third-order valence-corrected chi connectivity index (χ3v) is 4.69.